The minimum absolute atomic E-state index is 0.00398. The fourth-order valence-corrected chi connectivity index (χ4v) is 4.26. The third-order valence-corrected chi connectivity index (χ3v) is 5.91. The maximum absolute atomic E-state index is 13.0. The molecular formula is C26H28N2O. The quantitative estimate of drug-likeness (QED) is 0.623. The lowest BCUT2D eigenvalue weighted by Crippen LogP contribution is -2.42. The lowest BCUT2D eigenvalue weighted by atomic mass is 9.85. The van der Waals surface area contributed by atoms with Crippen LogP contribution >= 0.6 is 0 Å². The summed E-state index contributed by atoms with van der Waals surface area (Å²) < 4.78 is 0. The second-order valence-electron chi connectivity index (χ2n) is 7.87. The van der Waals surface area contributed by atoms with Gasteiger partial charge in [0.15, 0.2) is 5.78 Å². The van der Waals surface area contributed by atoms with Crippen LogP contribution in [0.4, 0.5) is 5.69 Å². The highest BCUT2D eigenvalue weighted by Gasteiger charge is 2.30. The van der Waals surface area contributed by atoms with E-state index < -0.39 is 0 Å². The Morgan fingerprint density at radius 1 is 0.931 bits per heavy atom. The number of carbonyl (C=O) groups is 1. The molecule has 1 aliphatic rings. The van der Waals surface area contributed by atoms with Crippen molar-refractivity contribution in [1.82, 2.24) is 5.32 Å². The first-order valence-corrected chi connectivity index (χ1v) is 10.4. The van der Waals surface area contributed by atoms with Crippen molar-refractivity contribution in [3.8, 4) is 0 Å². The van der Waals surface area contributed by atoms with Crippen molar-refractivity contribution < 1.29 is 4.79 Å². The average Bonchev–Trinajstić information content (AvgIpc) is 2.77. The van der Waals surface area contributed by atoms with E-state index in [-0.39, 0.29) is 23.7 Å². The highest BCUT2D eigenvalue weighted by Crippen LogP contribution is 2.29. The smallest absolute Gasteiger partial charge is 0.152 e. The predicted molar refractivity (Wildman–Crippen MR) is 119 cm³/mol. The summed E-state index contributed by atoms with van der Waals surface area (Å²) >= 11 is 0. The molecular weight excluding hydrogens is 356 g/mol. The Kier molecular flexibility index (Phi) is 6.06. The van der Waals surface area contributed by atoms with Gasteiger partial charge in [0, 0.05) is 30.1 Å². The molecule has 1 heterocycles. The Bertz CT molecular complexity index is 900. The summed E-state index contributed by atoms with van der Waals surface area (Å²) in [6, 6.07) is 29.4. The molecule has 2 atom stereocenters. The number of hydrogen-bond donors (Lipinski definition) is 2. The van der Waals surface area contributed by atoms with Crippen LogP contribution in [0.3, 0.4) is 0 Å². The number of fused-ring (bicyclic) bond motifs is 1. The summed E-state index contributed by atoms with van der Waals surface area (Å²) in [5, 5.41) is 6.94. The van der Waals surface area contributed by atoms with Crippen molar-refractivity contribution in [2.45, 2.75) is 25.3 Å². The van der Waals surface area contributed by atoms with E-state index in [1.54, 1.807) is 0 Å². The zero-order valence-corrected chi connectivity index (χ0v) is 16.8. The molecule has 3 heteroatoms. The van der Waals surface area contributed by atoms with Crippen LogP contribution in [-0.4, -0.2) is 24.9 Å². The Morgan fingerprint density at radius 3 is 2.17 bits per heavy atom. The van der Waals surface area contributed by atoms with Crippen LogP contribution in [-0.2, 0) is 11.2 Å². The van der Waals surface area contributed by atoms with E-state index >= 15 is 0 Å². The maximum atomic E-state index is 13.0. The Hall–Kier alpha value is -2.91. The van der Waals surface area contributed by atoms with Crippen molar-refractivity contribution in [1.29, 1.82) is 0 Å². The second-order valence-corrected chi connectivity index (χ2v) is 7.87. The third-order valence-electron chi connectivity index (χ3n) is 5.91. The lowest BCUT2D eigenvalue weighted by Gasteiger charge is -2.31. The van der Waals surface area contributed by atoms with Gasteiger partial charge in [0.1, 0.15) is 0 Å². The zero-order valence-electron chi connectivity index (χ0n) is 16.8. The fourth-order valence-electron chi connectivity index (χ4n) is 4.26. The van der Waals surface area contributed by atoms with Gasteiger partial charge < -0.3 is 10.6 Å². The van der Waals surface area contributed by atoms with E-state index in [0.29, 0.717) is 6.54 Å². The summed E-state index contributed by atoms with van der Waals surface area (Å²) in [4.78, 5) is 13.0. The number of ketones is 1. The van der Waals surface area contributed by atoms with Gasteiger partial charge in [0.25, 0.3) is 0 Å². The number of carbonyl (C=O) groups excluding carboxylic acids is 1. The molecule has 0 aromatic heterocycles. The molecule has 4 rings (SSSR count). The number of rotatable bonds is 7. The zero-order chi connectivity index (χ0) is 20.1. The lowest BCUT2D eigenvalue weighted by molar-refractivity contribution is -0.122. The van der Waals surface area contributed by atoms with Gasteiger partial charge in [-0.3, -0.25) is 4.79 Å². The highest BCUT2D eigenvalue weighted by molar-refractivity contribution is 5.85. The monoisotopic (exact) mass is 384 g/mol. The normalized spacial score (nSPS) is 18.1. The maximum Gasteiger partial charge on any atom is 0.152 e. The van der Waals surface area contributed by atoms with Gasteiger partial charge in [-0.05, 0) is 36.1 Å². The van der Waals surface area contributed by atoms with Crippen LogP contribution < -0.4 is 10.6 Å². The number of anilines is 1. The average molecular weight is 385 g/mol. The molecule has 29 heavy (non-hydrogen) atoms. The molecule has 0 saturated carbocycles. The van der Waals surface area contributed by atoms with Crippen LogP contribution in [0.15, 0.2) is 84.9 Å². The molecule has 2 unspecified atom stereocenters. The van der Waals surface area contributed by atoms with Crippen molar-refractivity contribution in [3.63, 3.8) is 0 Å². The SMILES string of the molecule is CC1Nc2ccccc2CC1C(=O)CNCC(c1ccccc1)c1ccccc1. The van der Waals surface area contributed by atoms with Crippen molar-refractivity contribution in [3.05, 3.63) is 102 Å². The number of hydrogen-bond acceptors (Lipinski definition) is 3. The van der Waals surface area contributed by atoms with Crippen LogP contribution in [0.1, 0.15) is 29.5 Å². The molecule has 0 radical (unpaired) electrons. The minimum Gasteiger partial charge on any atom is -0.382 e. The standard InChI is InChI=1S/C26H28N2O/c1-19-23(16-22-14-8-9-15-25(22)28-19)26(29)18-27-17-24(20-10-4-2-5-11-20)21-12-6-3-7-13-21/h2-15,19,23-24,27-28H,16-18H2,1H3. The van der Waals surface area contributed by atoms with E-state index in [1.807, 2.05) is 24.3 Å². The van der Waals surface area contributed by atoms with Crippen molar-refractivity contribution >= 4 is 11.5 Å². The van der Waals surface area contributed by atoms with Gasteiger partial charge in [-0.2, -0.15) is 0 Å². The largest absolute Gasteiger partial charge is 0.382 e. The molecule has 0 aliphatic carbocycles. The molecule has 3 aromatic rings. The van der Waals surface area contributed by atoms with E-state index in [4.69, 9.17) is 0 Å². The predicted octanol–water partition coefficient (Wildman–Crippen LogP) is 4.65. The van der Waals surface area contributed by atoms with Crippen LogP contribution in [0.5, 0.6) is 0 Å². The summed E-state index contributed by atoms with van der Waals surface area (Å²) in [7, 11) is 0. The van der Waals surface area contributed by atoms with E-state index in [1.165, 1.54) is 16.7 Å². The van der Waals surface area contributed by atoms with Gasteiger partial charge in [-0.15, -0.1) is 0 Å². The first-order chi connectivity index (χ1) is 14.2. The second kappa shape index (κ2) is 9.06. The molecule has 0 saturated heterocycles. The molecule has 3 nitrogen and oxygen atoms in total. The van der Waals surface area contributed by atoms with Gasteiger partial charge >= 0.3 is 0 Å². The Morgan fingerprint density at radius 2 is 1.52 bits per heavy atom. The van der Waals surface area contributed by atoms with Crippen molar-refractivity contribution in [2.24, 2.45) is 5.92 Å². The third kappa shape index (κ3) is 4.57. The van der Waals surface area contributed by atoms with Gasteiger partial charge in [-0.1, -0.05) is 78.9 Å². The fraction of sp³-hybridized carbons (Fsp3) is 0.269. The topological polar surface area (TPSA) is 41.1 Å². The summed E-state index contributed by atoms with van der Waals surface area (Å²) in [5.41, 5.74) is 4.92. The molecule has 0 fully saturated rings. The molecule has 1 aliphatic heterocycles. The molecule has 0 amide bonds. The highest BCUT2D eigenvalue weighted by atomic mass is 16.1. The number of Topliss-reactive ketones (excluding diaryl/α,β-unsaturated/α-hetero) is 1. The van der Waals surface area contributed by atoms with Crippen molar-refractivity contribution in [2.75, 3.05) is 18.4 Å². The Balaban J connectivity index is 1.41. The molecule has 148 valence electrons. The number of para-hydroxylation sites is 1. The van der Waals surface area contributed by atoms with Gasteiger partial charge in [0.05, 0.1) is 6.54 Å². The van der Waals surface area contributed by atoms with Crippen LogP contribution in [0.2, 0.25) is 0 Å². The number of nitrogens with one attached hydrogen (secondary N) is 2. The van der Waals surface area contributed by atoms with Crippen LogP contribution in [0, 0.1) is 5.92 Å². The summed E-state index contributed by atoms with van der Waals surface area (Å²) in [6.07, 6.45) is 0.811. The number of benzene rings is 3. The van der Waals surface area contributed by atoms with E-state index in [0.717, 1.165) is 18.7 Å². The molecule has 3 aromatic carbocycles. The first-order valence-electron chi connectivity index (χ1n) is 10.4. The molecule has 2 N–H and O–H groups in total. The Labute approximate surface area is 173 Å². The van der Waals surface area contributed by atoms with E-state index in [9.17, 15) is 4.79 Å². The molecule has 0 spiro atoms. The van der Waals surface area contributed by atoms with Gasteiger partial charge in [-0.25, -0.2) is 0 Å². The van der Waals surface area contributed by atoms with Gasteiger partial charge in [0.2, 0.25) is 0 Å². The summed E-state index contributed by atoms with van der Waals surface area (Å²) in [5.74, 6) is 0.511. The van der Waals surface area contributed by atoms with Crippen LogP contribution in [0.25, 0.3) is 0 Å². The summed E-state index contributed by atoms with van der Waals surface area (Å²) in [6.45, 7) is 3.25. The van der Waals surface area contributed by atoms with E-state index in [2.05, 4.69) is 78.2 Å². The molecule has 0 bridgehead atoms. The first kappa shape index (κ1) is 19.4. The minimum atomic E-state index is 0.00398.